The summed E-state index contributed by atoms with van der Waals surface area (Å²) < 4.78 is 7.73. The number of thioether (sulfide) groups is 1. The molecule has 0 aliphatic rings. The lowest BCUT2D eigenvalue weighted by Gasteiger charge is -2.06. The van der Waals surface area contributed by atoms with E-state index in [0.29, 0.717) is 18.3 Å². The molecule has 7 heteroatoms. The summed E-state index contributed by atoms with van der Waals surface area (Å²) in [4.78, 5) is 11.7. The molecular weight excluding hydrogens is 342 g/mol. The molecule has 0 saturated carbocycles. The van der Waals surface area contributed by atoms with Crippen molar-refractivity contribution in [3.63, 3.8) is 0 Å². The van der Waals surface area contributed by atoms with Gasteiger partial charge in [-0.3, -0.25) is 4.57 Å². The monoisotopic (exact) mass is 357 g/mol. The number of methoxy groups -OCH3 is 1. The van der Waals surface area contributed by atoms with Crippen molar-refractivity contribution in [2.45, 2.75) is 23.9 Å². The maximum atomic E-state index is 11.7. The molecule has 0 saturated heterocycles. The van der Waals surface area contributed by atoms with Gasteiger partial charge >= 0.3 is 5.69 Å². The van der Waals surface area contributed by atoms with Gasteiger partial charge in [-0.05, 0) is 18.1 Å². The Hall–Kier alpha value is -1.05. The molecule has 0 aliphatic heterocycles. The van der Waals surface area contributed by atoms with E-state index in [4.69, 9.17) is 4.74 Å². The Balaban J connectivity index is 2.03. The molecule has 0 fully saturated rings. The highest BCUT2D eigenvalue weighted by molar-refractivity contribution is 9.10. The third-order valence-corrected chi connectivity index (χ3v) is 4.57. The van der Waals surface area contributed by atoms with Crippen molar-refractivity contribution < 1.29 is 4.74 Å². The minimum atomic E-state index is -0.171. The van der Waals surface area contributed by atoms with Crippen LogP contribution in [0.25, 0.3) is 0 Å². The van der Waals surface area contributed by atoms with Crippen LogP contribution in [0.2, 0.25) is 0 Å². The molecule has 0 amide bonds. The number of hydrogen-bond acceptors (Lipinski definition) is 4. The summed E-state index contributed by atoms with van der Waals surface area (Å²) in [6.07, 6.45) is 0.790. The maximum Gasteiger partial charge on any atom is 0.343 e. The van der Waals surface area contributed by atoms with Crippen LogP contribution in [0.3, 0.4) is 0 Å². The Bertz CT molecular complexity index is 612. The van der Waals surface area contributed by atoms with E-state index in [2.05, 4.69) is 32.2 Å². The predicted octanol–water partition coefficient (Wildman–Crippen LogP) is 2.66. The zero-order valence-electron chi connectivity index (χ0n) is 11.1. The molecule has 1 heterocycles. The number of nitrogens with zero attached hydrogens (tertiary/aromatic N) is 2. The Kier molecular flexibility index (Phi) is 5.87. The van der Waals surface area contributed by atoms with Gasteiger partial charge in [0.05, 0.1) is 0 Å². The van der Waals surface area contributed by atoms with Gasteiger partial charge in [0.25, 0.3) is 0 Å². The number of aromatic amines is 1. The zero-order chi connectivity index (χ0) is 14.4. The summed E-state index contributed by atoms with van der Waals surface area (Å²) in [7, 11) is 1.65. The van der Waals surface area contributed by atoms with Gasteiger partial charge in [0, 0.05) is 30.5 Å². The van der Waals surface area contributed by atoms with E-state index in [1.165, 1.54) is 5.56 Å². The van der Waals surface area contributed by atoms with Gasteiger partial charge in [0.15, 0.2) is 5.16 Å². The highest BCUT2D eigenvalue weighted by Gasteiger charge is 2.09. The largest absolute Gasteiger partial charge is 0.385 e. The highest BCUT2D eigenvalue weighted by Crippen LogP contribution is 2.24. The summed E-state index contributed by atoms with van der Waals surface area (Å²) in [5.41, 5.74) is 1.01. The third kappa shape index (κ3) is 3.97. The average Bonchev–Trinajstić information content (AvgIpc) is 2.79. The molecule has 0 bridgehead atoms. The number of H-pyrrole nitrogens is 1. The summed E-state index contributed by atoms with van der Waals surface area (Å²) >= 11 is 5.06. The smallest absolute Gasteiger partial charge is 0.343 e. The first-order chi connectivity index (χ1) is 9.72. The lowest BCUT2D eigenvalue weighted by Crippen LogP contribution is -2.18. The van der Waals surface area contributed by atoms with Crippen molar-refractivity contribution in [1.82, 2.24) is 14.8 Å². The van der Waals surface area contributed by atoms with Crippen LogP contribution in [0.15, 0.2) is 38.7 Å². The molecular formula is C13H16BrN3O2S. The normalized spacial score (nSPS) is 10.9. The minimum Gasteiger partial charge on any atom is -0.385 e. The quantitative estimate of drug-likeness (QED) is 0.611. The van der Waals surface area contributed by atoms with Gasteiger partial charge in [-0.1, -0.05) is 45.9 Å². The van der Waals surface area contributed by atoms with Gasteiger partial charge in [-0.25, -0.2) is 9.89 Å². The van der Waals surface area contributed by atoms with E-state index in [9.17, 15) is 4.79 Å². The molecule has 0 radical (unpaired) electrons. The molecule has 108 valence electrons. The minimum absolute atomic E-state index is 0.171. The number of ether oxygens (including phenoxy) is 1. The van der Waals surface area contributed by atoms with Crippen LogP contribution < -0.4 is 5.69 Å². The number of halogens is 1. The van der Waals surface area contributed by atoms with E-state index in [-0.39, 0.29) is 5.69 Å². The van der Waals surface area contributed by atoms with Crippen molar-refractivity contribution in [2.24, 2.45) is 0 Å². The van der Waals surface area contributed by atoms with Crippen molar-refractivity contribution in [3.05, 3.63) is 44.8 Å². The van der Waals surface area contributed by atoms with E-state index in [0.717, 1.165) is 16.6 Å². The van der Waals surface area contributed by atoms with E-state index in [1.54, 1.807) is 23.4 Å². The lowest BCUT2D eigenvalue weighted by atomic mass is 10.2. The molecule has 0 atom stereocenters. The van der Waals surface area contributed by atoms with Gasteiger partial charge in [-0.2, -0.15) is 0 Å². The lowest BCUT2D eigenvalue weighted by molar-refractivity contribution is 0.189. The van der Waals surface area contributed by atoms with Crippen molar-refractivity contribution in [1.29, 1.82) is 0 Å². The molecule has 2 rings (SSSR count). The van der Waals surface area contributed by atoms with Gasteiger partial charge in [-0.15, -0.1) is 5.10 Å². The van der Waals surface area contributed by atoms with Crippen LogP contribution in [0.4, 0.5) is 0 Å². The molecule has 0 aliphatic carbocycles. The summed E-state index contributed by atoms with van der Waals surface area (Å²) in [6.45, 7) is 1.24. The molecule has 1 N–H and O–H groups in total. The molecule has 1 aromatic heterocycles. The Morgan fingerprint density at radius 1 is 1.45 bits per heavy atom. The Morgan fingerprint density at radius 2 is 2.25 bits per heavy atom. The van der Waals surface area contributed by atoms with Crippen LogP contribution in [0, 0.1) is 0 Å². The standard InChI is InChI=1S/C13H16BrN3O2S/c1-19-8-4-7-17-12(18)15-16-13(17)20-9-10-5-2-3-6-11(10)14/h2-3,5-6H,4,7-9H2,1H3,(H,15,18). The van der Waals surface area contributed by atoms with Crippen LogP contribution in [0.5, 0.6) is 0 Å². The topological polar surface area (TPSA) is 59.9 Å². The van der Waals surface area contributed by atoms with E-state index in [1.807, 2.05) is 18.2 Å². The van der Waals surface area contributed by atoms with E-state index >= 15 is 0 Å². The Labute approximate surface area is 129 Å². The van der Waals surface area contributed by atoms with Crippen LogP contribution in [-0.2, 0) is 17.0 Å². The zero-order valence-corrected chi connectivity index (χ0v) is 13.5. The fourth-order valence-corrected chi connectivity index (χ4v) is 3.32. The van der Waals surface area contributed by atoms with Gasteiger partial charge < -0.3 is 4.74 Å². The average molecular weight is 358 g/mol. The van der Waals surface area contributed by atoms with Crippen LogP contribution in [0.1, 0.15) is 12.0 Å². The number of aromatic nitrogens is 3. The third-order valence-electron chi connectivity index (χ3n) is 2.77. The molecule has 0 unspecified atom stereocenters. The number of hydrogen-bond donors (Lipinski definition) is 1. The second-order valence-corrected chi connectivity index (χ2v) is 5.99. The second kappa shape index (κ2) is 7.66. The van der Waals surface area contributed by atoms with Gasteiger partial charge in [0.1, 0.15) is 0 Å². The van der Waals surface area contributed by atoms with Gasteiger partial charge in [0.2, 0.25) is 0 Å². The summed E-state index contributed by atoms with van der Waals surface area (Å²) in [6, 6.07) is 8.04. The molecule has 20 heavy (non-hydrogen) atoms. The van der Waals surface area contributed by atoms with Crippen molar-refractivity contribution in [2.75, 3.05) is 13.7 Å². The Morgan fingerprint density at radius 3 is 3.00 bits per heavy atom. The van der Waals surface area contributed by atoms with Crippen molar-refractivity contribution >= 4 is 27.7 Å². The summed E-state index contributed by atoms with van der Waals surface area (Å²) in [5, 5.41) is 7.28. The second-order valence-electron chi connectivity index (χ2n) is 4.19. The van der Waals surface area contributed by atoms with Crippen LogP contribution in [-0.4, -0.2) is 28.5 Å². The number of benzene rings is 1. The van der Waals surface area contributed by atoms with E-state index < -0.39 is 0 Å². The molecule has 1 aromatic carbocycles. The SMILES string of the molecule is COCCCn1c(SCc2ccccc2Br)n[nH]c1=O. The molecule has 0 spiro atoms. The number of nitrogens with one attached hydrogen (secondary N) is 1. The summed E-state index contributed by atoms with van der Waals surface area (Å²) in [5.74, 6) is 0.760. The fourth-order valence-electron chi connectivity index (χ4n) is 1.74. The van der Waals surface area contributed by atoms with Crippen molar-refractivity contribution in [3.8, 4) is 0 Å². The predicted molar refractivity (Wildman–Crippen MR) is 83.0 cm³/mol. The first-order valence-electron chi connectivity index (χ1n) is 6.22. The first-order valence-corrected chi connectivity index (χ1v) is 8.00. The van der Waals surface area contributed by atoms with Crippen LogP contribution >= 0.6 is 27.7 Å². The molecule has 2 aromatic rings. The highest BCUT2D eigenvalue weighted by atomic mass is 79.9. The fraction of sp³-hybridized carbons (Fsp3) is 0.385. The first kappa shape index (κ1) is 15.3. The number of rotatable bonds is 7. The molecule has 5 nitrogen and oxygen atoms in total. The maximum absolute atomic E-state index is 11.7.